The first kappa shape index (κ1) is 19.0. The van der Waals surface area contributed by atoms with Gasteiger partial charge in [0.1, 0.15) is 5.82 Å². The molecule has 1 amide bonds. The number of carbonyl (C=O) groups is 1. The summed E-state index contributed by atoms with van der Waals surface area (Å²) in [6.45, 7) is 1.86. The number of benzene rings is 1. The largest absolute Gasteiger partial charge is 0.268 e. The lowest BCUT2D eigenvalue weighted by Crippen LogP contribution is -2.43. The highest BCUT2D eigenvalue weighted by molar-refractivity contribution is 7.89. The zero-order chi connectivity index (χ0) is 20.5. The van der Waals surface area contributed by atoms with Crippen molar-refractivity contribution < 1.29 is 17.6 Å². The van der Waals surface area contributed by atoms with Gasteiger partial charge < -0.3 is 0 Å². The van der Waals surface area contributed by atoms with Gasteiger partial charge in [0.15, 0.2) is 0 Å². The van der Waals surface area contributed by atoms with Crippen LogP contribution in [0.4, 0.5) is 4.39 Å². The van der Waals surface area contributed by atoms with Gasteiger partial charge in [-0.3, -0.25) is 9.48 Å². The number of hydrogen-bond acceptors (Lipinski definition) is 4. The summed E-state index contributed by atoms with van der Waals surface area (Å²) in [6.07, 6.45) is 8.41. The molecule has 3 aliphatic rings. The van der Waals surface area contributed by atoms with Crippen molar-refractivity contribution in [1.82, 2.24) is 14.5 Å². The van der Waals surface area contributed by atoms with E-state index in [1.165, 1.54) is 44.2 Å². The Labute approximate surface area is 169 Å². The molecule has 0 saturated heterocycles. The maximum absolute atomic E-state index is 14.8. The van der Waals surface area contributed by atoms with Gasteiger partial charge in [-0.2, -0.15) is 5.10 Å². The average molecular weight is 420 g/mol. The highest BCUT2D eigenvalue weighted by atomic mass is 32.2. The van der Waals surface area contributed by atoms with Gasteiger partial charge in [0.25, 0.3) is 5.91 Å². The number of fused-ring (bicyclic) bond motifs is 3. The normalized spacial score (nSPS) is 31.2. The third kappa shape index (κ3) is 3.25. The van der Waals surface area contributed by atoms with E-state index in [1.807, 2.05) is 16.3 Å². The molecule has 1 heterocycles. The lowest BCUT2D eigenvalue weighted by atomic mass is 9.56. The molecule has 0 spiro atoms. The molecule has 1 N–H and O–H groups in total. The number of nitrogens with one attached hydrogen (secondary N) is 1. The first-order valence-electron chi connectivity index (χ1n) is 10.4. The van der Waals surface area contributed by atoms with E-state index in [0.717, 1.165) is 36.1 Å². The monoisotopic (exact) mass is 419 g/mol. The van der Waals surface area contributed by atoms with Gasteiger partial charge in [0.2, 0.25) is 10.0 Å². The first-order chi connectivity index (χ1) is 13.7. The first-order valence-corrected chi connectivity index (χ1v) is 12.3. The molecule has 1 aromatic heterocycles. The molecule has 8 heteroatoms. The van der Waals surface area contributed by atoms with Crippen molar-refractivity contribution in [2.75, 3.05) is 6.26 Å². The predicted octanol–water partition coefficient (Wildman–Crippen LogP) is 3.56. The van der Waals surface area contributed by atoms with Gasteiger partial charge in [0.05, 0.1) is 29.1 Å². The maximum atomic E-state index is 14.8. The second kappa shape index (κ2) is 6.52. The fraction of sp³-hybridized carbons (Fsp3) is 0.619. The molecule has 0 radical (unpaired) electrons. The van der Waals surface area contributed by atoms with Crippen LogP contribution in [-0.4, -0.2) is 30.4 Å². The second-order valence-corrected chi connectivity index (χ2v) is 11.1. The van der Waals surface area contributed by atoms with Gasteiger partial charge >= 0.3 is 0 Å². The van der Waals surface area contributed by atoms with Crippen LogP contribution in [-0.2, 0) is 10.0 Å². The topological polar surface area (TPSA) is 81.1 Å². The Morgan fingerprint density at radius 2 is 1.93 bits per heavy atom. The van der Waals surface area contributed by atoms with Crippen LogP contribution in [0.25, 0.3) is 10.9 Å². The average Bonchev–Trinajstić information content (AvgIpc) is 2.93. The van der Waals surface area contributed by atoms with Gasteiger partial charge in [-0.1, -0.05) is 6.42 Å². The number of aryl methyl sites for hydroxylation is 1. The highest BCUT2D eigenvalue weighted by Gasteiger charge is 2.46. The summed E-state index contributed by atoms with van der Waals surface area (Å²) in [4.78, 5) is 12.2. The Bertz CT molecular complexity index is 1100. The van der Waals surface area contributed by atoms with E-state index in [9.17, 15) is 17.6 Å². The third-order valence-electron chi connectivity index (χ3n) is 7.34. The number of nitrogens with zero attached hydrogens (tertiary/aromatic N) is 2. The van der Waals surface area contributed by atoms with E-state index >= 15 is 0 Å². The lowest BCUT2D eigenvalue weighted by Gasteiger charge is -2.52. The Morgan fingerprint density at radius 3 is 2.69 bits per heavy atom. The lowest BCUT2D eigenvalue weighted by molar-refractivity contribution is -0.00790. The molecule has 3 bridgehead atoms. The second-order valence-electron chi connectivity index (χ2n) is 9.33. The summed E-state index contributed by atoms with van der Waals surface area (Å²) in [5.74, 6) is 1.27. The molecular formula is C21H26FN3O3S. The van der Waals surface area contributed by atoms with Crippen molar-refractivity contribution in [3.63, 3.8) is 0 Å². The van der Waals surface area contributed by atoms with Crippen LogP contribution >= 0.6 is 0 Å². The Kier molecular flexibility index (Phi) is 4.28. The molecule has 0 aliphatic heterocycles. The zero-order valence-corrected chi connectivity index (χ0v) is 17.5. The summed E-state index contributed by atoms with van der Waals surface area (Å²) in [5, 5.41) is 5.48. The Balaban J connectivity index is 1.56. The van der Waals surface area contributed by atoms with E-state index < -0.39 is 21.7 Å². The highest BCUT2D eigenvalue weighted by Crippen LogP contribution is 2.56. The molecule has 2 aromatic rings. The van der Waals surface area contributed by atoms with Crippen molar-refractivity contribution in [3.8, 4) is 0 Å². The number of hydrogen-bond donors (Lipinski definition) is 1. The molecule has 5 rings (SSSR count). The van der Waals surface area contributed by atoms with E-state index in [1.54, 1.807) is 0 Å². The van der Waals surface area contributed by atoms with Crippen molar-refractivity contribution in [1.29, 1.82) is 0 Å². The predicted molar refractivity (Wildman–Crippen MR) is 107 cm³/mol. The van der Waals surface area contributed by atoms with E-state index in [4.69, 9.17) is 5.10 Å². The number of aromatic nitrogens is 2. The van der Waals surface area contributed by atoms with Gasteiger partial charge in [0, 0.05) is 11.5 Å². The van der Waals surface area contributed by atoms with Crippen molar-refractivity contribution >= 4 is 26.8 Å². The van der Waals surface area contributed by atoms with Crippen molar-refractivity contribution in [3.05, 3.63) is 29.2 Å². The van der Waals surface area contributed by atoms with Crippen LogP contribution < -0.4 is 4.72 Å². The summed E-state index contributed by atoms with van der Waals surface area (Å²) in [7, 11) is -3.77. The summed E-state index contributed by atoms with van der Waals surface area (Å²) in [5.41, 5.74) is 1.16. The maximum Gasteiger partial charge on any atom is 0.267 e. The van der Waals surface area contributed by atoms with Crippen molar-refractivity contribution in [2.24, 2.45) is 23.7 Å². The van der Waals surface area contributed by atoms with Crippen LogP contribution in [0.5, 0.6) is 0 Å². The zero-order valence-electron chi connectivity index (χ0n) is 16.7. The Morgan fingerprint density at radius 1 is 1.17 bits per heavy atom. The number of amides is 1. The molecule has 3 fully saturated rings. The van der Waals surface area contributed by atoms with Crippen molar-refractivity contribution in [2.45, 2.75) is 51.5 Å². The molecule has 3 aliphatic carbocycles. The van der Waals surface area contributed by atoms with Crippen LogP contribution in [0.1, 0.15) is 60.6 Å². The van der Waals surface area contributed by atoms with Gasteiger partial charge in [-0.05, 0) is 68.8 Å². The molecule has 6 nitrogen and oxygen atoms in total. The molecule has 5 atom stereocenters. The van der Waals surface area contributed by atoms with Crippen LogP contribution in [0.3, 0.4) is 0 Å². The number of halogens is 1. The number of carbonyl (C=O) groups excluding carboxylic acids is 1. The standard InChI is InChI=1S/C21H26FN3O3S/c1-11-16-9-17(21(26)24-29(2,27)28)18(22)10-20(16)25(23-11)19-8-13-5-12-3-4-15(19)14(6-12)7-13/h9-10,12-15,19H,3-8H2,1-2H3,(H,24,26). The molecule has 1 aromatic carbocycles. The minimum absolute atomic E-state index is 0.270. The number of sulfonamides is 1. The molecule has 3 saturated carbocycles. The van der Waals surface area contributed by atoms with E-state index in [0.29, 0.717) is 16.8 Å². The summed E-state index contributed by atoms with van der Waals surface area (Å²) in [6, 6.07) is 3.05. The van der Waals surface area contributed by atoms with E-state index in [-0.39, 0.29) is 11.6 Å². The third-order valence-corrected chi connectivity index (χ3v) is 7.89. The molecular weight excluding hydrogens is 393 g/mol. The van der Waals surface area contributed by atoms with Gasteiger partial charge in [-0.15, -0.1) is 0 Å². The molecule has 156 valence electrons. The SMILES string of the molecule is Cc1nn(C2CC3CC4CCC2C(C4)C3)c2cc(F)c(C(=O)NS(C)(=O)=O)cc12. The summed E-state index contributed by atoms with van der Waals surface area (Å²) < 4.78 is 41.4. The fourth-order valence-corrected chi connectivity index (χ4v) is 6.77. The molecule has 5 unspecified atom stereocenters. The van der Waals surface area contributed by atoms with Gasteiger partial charge in [-0.25, -0.2) is 17.5 Å². The molecule has 29 heavy (non-hydrogen) atoms. The minimum atomic E-state index is -3.77. The van der Waals surface area contributed by atoms with Crippen LogP contribution in [0.15, 0.2) is 12.1 Å². The minimum Gasteiger partial charge on any atom is -0.268 e. The van der Waals surface area contributed by atoms with Crippen LogP contribution in [0, 0.1) is 36.4 Å². The summed E-state index contributed by atoms with van der Waals surface area (Å²) >= 11 is 0. The van der Waals surface area contributed by atoms with E-state index in [2.05, 4.69) is 0 Å². The fourth-order valence-electron chi connectivity index (χ4n) is 6.32. The smallest absolute Gasteiger partial charge is 0.267 e. The Hall–Kier alpha value is -1.96. The quantitative estimate of drug-likeness (QED) is 0.825. The number of rotatable bonds is 3. The van der Waals surface area contributed by atoms with Crippen LogP contribution in [0.2, 0.25) is 0 Å².